The summed E-state index contributed by atoms with van der Waals surface area (Å²) in [6.45, 7) is 3.96. The first-order valence-electron chi connectivity index (χ1n) is 4.49. The van der Waals surface area contributed by atoms with E-state index in [-0.39, 0.29) is 0 Å². The number of hydrogen-bond donors (Lipinski definition) is 0. The number of likely N-dealkylation sites (tertiary alicyclic amines) is 1. The quantitative estimate of drug-likeness (QED) is 0.564. The third kappa shape index (κ3) is 2.20. The van der Waals surface area contributed by atoms with Gasteiger partial charge in [0.15, 0.2) is 0 Å². The van der Waals surface area contributed by atoms with Gasteiger partial charge in [-0.3, -0.25) is 4.90 Å². The van der Waals surface area contributed by atoms with E-state index in [0.717, 1.165) is 6.54 Å². The molecule has 1 aliphatic rings. The maximum absolute atomic E-state index is 8.54. The smallest absolute Gasteiger partial charge is 0.0868 e. The van der Waals surface area contributed by atoms with Crippen LogP contribution in [0.1, 0.15) is 32.6 Å². The molecule has 0 aromatic rings. The van der Waals surface area contributed by atoms with Crippen molar-refractivity contribution in [3.63, 3.8) is 0 Å². The van der Waals surface area contributed by atoms with Crippen molar-refractivity contribution in [3.8, 4) is 6.07 Å². The minimum Gasteiger partial charge on any atom is -0.288 e. The first-order chi connectivity index (χ1) is 5.38. The molecule has 1 unspecified atom stereocenters. The monoisotopic (exact) mass is 152 g/mol. The lowest BCUT2D eigenvalue weighted by Gasteiger charge is -2.33. The molecule has 0 amide bonds. The molecule has 2 heteroatoms. The molecule has 2 nitrogen and oxygen atoms in total. The van der Waals surface area contributed by atoms with Gasteiger partial charge >= 0.3 is 0 Å². The summed E-state index contributed by atoms with van der Waals surface area (Å²) in [4.78, 5) is 2.31. The zero-order chi connectivity index (χ0) is 8.10. The van der Waals surface area contributed by atoms with Crippen molar-refractivity contribution in [2.24, 2.45) is 0 Å². The van der Waals surface area contributed by atoms with Gasteiger partial charge in [0, 0.05) is 6.04 Å². The average Bonchev–Trinajstić information content (AvgIpc) is 2.06. The second-order valence-electron chi connectivity index (χ2n) is 3.19. The van der Waals surface area contributed by atoms with Gasteiger partial charge in [-0.05, 0) is 25.8 Å². The molecule has 62 valence electrons. The molecule has 0 aliphatic carbocycles. The van der Waals surface area contributed by atoms with Crippen molar-refractivity contribution < 1.29 is 0 Å². The lowest BCUT2D eigenvalue weighted by molar-refractivity contribution is 0.163. The van der Waals surface area contributed by atoms with E-state index in [1.165, 1.54) is 25.7 Å². The number of nitrogens with zero attached hydrogens (tertiary/aromatic N) is 2. The largest absolute Gasteiger partial charge is 0.288 e. The summed E-state index contributed by atoms with van der Waals surface area (Å²) in [5.41, 5.74) is 0. The van der Waals surface area contributed by atoms with Gasteiger partial charge in [0.05, 0.1) is 12.6 Å². The molecule has 0 radical (unpaired) electrons. The van der Waals surface area contributed by atoms with Crippen molar-refractivity contribution in [1.29, 1.82) is 5.26 Å². The van der Waals surface area contributed by atoms with Crippen LogP contribution in [0.25, 0.3) is 0 Å². The van der Waals surface area contributed by atoms with Gasteiger partial charge in [0.25, 0.3) is 0 Å². The average molecular weight is 152 g/mol. The lowest BCUT2D eigenvalue weighted by Crippen LogP contribution is -2.39. The Morgan fingerprint density at radius 2 is 2.36 bits per heavy atom. The molecule has 0 spiro atoms. The molecule has 1 fully saturated rings. The van der Waals surface area contributed by atoms with Crippen LogP contribution in [0.5, 0.6) is 0 Å². The van der Waals surface area contributed by atoms with Crippen LogP contribution >= 0.6 is 0 Å². The van der Waals surface area contributed by atoms with Gasteiger partial charge in [-0.15, -0.1) is 0 Å². The van der Waals surface area contributed by atoms with Crippen LogP contribution in [-0.4, -0.2) is 24.0 Å². The Balaban J connectivity index is 2.39. The summed E-state index contributed by atoms with van der Waals surface area (Å²) >= 11 is 0. The second kappa shape index (κ2) is 4.35. The van der Waals surface area contributed by atoms with Gasteiger partial charge in [0.1, 0.15) is 0 Å². The molecule has 11 heavy (non-hydrogen) atoms. The Hall–Kier alpha value is -0.550. The summed E-state index contributed by atoms with van der Waals surface area (Å²) in [5.74, 6) is 0. The van der Waals surface area contributed by atoms with Crippen LogP contribution < -0.4 is 0 Å². The summed E-state index contributed by atoms with van der Waals surface area (Å²) < 4.78 is 0. The highest BCUT2D eigenvalue weighted by atomic mass is 15.2. The van der Waals surface area contributed by atoms with Crippen LogP contribution in [0.2, 0.25) is 0 Å². The predicted octanol–water partition coefficient (Wildman–Crippen LogP) is 1.77. The van der Waals surface area contributed by atoms with Crippen molar-refractivity contribution >= 4 is 0 Å². The summed E-state index contributed by atoms with van der Waals surface area (Å²) in [6, 6.07) is 2.91. The van der Waals surface area contributed by atoms with Gasteiger partial charge in [-0.2, -0.15) is 5.26 Å². The van der Waals surface area contributed by atoms with E-state index in [9.17, 15) is 0 Å². The van der Waals surface area contributed by atoms with Crippen molar-refractivity contribution in [3.05, 3.63) is 0 Å². The third-order valence-electron chi connectivity index (χ3n) is 2.49. The number of nitriles is 1. The van der Waals surface area contributed by atoms with E-state index in [1.807, 2.05) is 0 Å². The Labute approximate surface area is 68.8 Å². The molecule has 1 rings (SSSR count). The first kappa shape index (κ1) is 8.55. The van der Waals surface area contributed by atoms with E-state index >= 15 is 0 Å². The zero-order valence-corrected chi connectivity index (χ0v) is 7.21. The Bertz CT molecular complexity index is 148. The van der Waals surface area contributed by atoms with E-state index in [2.05, 4.69) is 17.9 Å². The molecule has 0 N–H and O–H groups in total. The van der Waals surface area contributed by atoms with Crippen LogP contribution in [0.4, 0.5) is 0 Å². The molecule has 0 aromatic heterocycles. The highest BCUT2D eigenvalue weighted by Crippen LogP contribution is 2.18. The maximum atomic E-state index is 8.54. The SMILES string of the molecule is CCC1CCCCN1CC#N. The van der Waals surface area contributed by atoms with Gasteiger partial charge in [-0.25, -0.2) is 0 Å². The highest BCUT2D eigenvalue weighted by Gasteiger charge is 2.19. The van der Waals surface area contributed by atoms with Crippen LogP contribution in [0.3, 0.4) is 0 Å². The topological polar surface area (TPSA) is 27.0 Å². The Morgan fingerprint density at radius 1 is 1.55 bits per heavy atom. The molecule has 0 aromatic carbocycles. The zero-order valence-electron chi connectivity index (χ0n) is 7.21. The molecule has 1 heterocycles. The molecular formula is C9H16N2. The van der Waals surface area contributed by atoms with Crippen molar-refractivity contribution in [2.75, 3.05) is 13.1 Å². The van der Waals surface area contributed by atoms with Gasteiger partial charge in [-0.1, -0.05) is 13.3 Å². The number of hydrogen-bond acceptors (Lipinski definition) is 2. The standard InChI is InChI=1S/C9H16N2/c1-2-9-5-3-4-7-11(9)8-6-10/h9H,2-5,7-8H2,1H3. The lowest BCUT2D eigenvalue weighted by atomic mass is 10.0. The van der Waals surface area contributed by atoms with Crippen LogP contribution in [0, 0.1) is 11.3 Å². The Kier molecular flexibility index (Phi) is 3.38. The summed E-state index contributed by atoms with van der Waals surface area (Å²) in [7, 11) is 0. The first-order valence-corrected chi connectivity index (χ1v) is 4.49. The normalized spacial score (nSPS) is 26.4. The van der Waals surface area contributed by atoms with Crippen LogP contribution in [-0.2, 0) is 0 Å². The fraction of sp³-hybridized carbons (Fsp3) is 0.889. The highest BCUT2D eigenvalue weighted by molar-refractivity contribution is 4.83. The fourth-order valence-electron chi connectivity index (χ4n) is 1.82. The number of piperidine rings is 1. The van der Waals surface area contributed by atoms with E-state index in [0.29, 0.717) is 12.6 Å². The van der Waals surface area contributed by atoms with Crippen LogP contribution in [0.15, 0.2) is 0 Å². The van der Waals surface area contributed by atoms with E-state index < -0.39 is 0 Å². The molecule has 0 bridgehead atoms. The predicted molar refractivity (Wildman–Crippen MR) is 45.1 cm³/mol. The summed E-state index contributed by atoms with van der Waals surface area (Å²) in [5, 5.41) is 8.54. The van der Waals surface area contributed by atoms with Crippen molar-refractivity contribution in [1.82, 2.24) is 4.90 Å². The van der Waals surface area contributed by atoms with Gasteiger partial charge < -0.3 is 0 Å². The van der Waals surface area contributed by atoms with Gasteiger partial charge in [0.2, 0.25) is 0 Å². The molecular weight excluding hydrogens is 136 g/mol. The van der Waals surface area contributed by atoms with E-state index in [4.69, 9.17) is 5.26 Å². The number of rotatable bonds is 2. The van der Waals surface area contributed by atoms with E-state index in [1.54, 1.807) is 0 Å². The minimum atomic E-state index is 0.624. The second-order valence-corrected chi connectivity index (χ2v) is 3.19. The molecule has 1 atom stereocenters. The van der Waals surface area contributed by atoms with Crippen molar-refractivity contribution in [2.45, 2.75) is 38.6 Å². The molecule has 1 saturated heterocycles. The third-order valence-corrected chi connectivity index (χ3v) is 2.49. The molecule has 0 saturated carbocycles. The molecule has 1 aliphatic heterocycles. The Morgan fingerprint density at radius 3 is 3.00 bits per heavy atom. The maximum Gasteiger partial charge on any atom is 0.0868 e. The fourth-order valence-corrected chi connectivity index (χ4v) is 1.82. The summed E-state index contributed by atoms with van der Waals surface area (Å²) in [6.07, 6.45) is 5.11. The minimum absolute atomic E-state index is 0.624.